The van der Waals surface area contributed by atoms with Crippen molar-refractivity contribution >= 4 is 6.09 Å². The Morgan fingerprint density at radius 1 is 1.62 bits per heavy atom. The average molecular weight is 225 g/mol. The molecule has 0 bridgehead atoms. The van der Waals surface area contributed by atoms with Gasteiger partial charge in [0.1, 0.15) is 5.60 Å². The van der Waals surface area contributed by atoms with Crippen LogP contribution in [-0.2, 0) is 4.74 Å². The first-order chi connectivity index (χ1) is 7.42. The van der Waals surface area contributed by atoms with E-state index in [1.165, 1.54) is 0 Å². The fourth-order valence-corrected chi connectivity index (χ4v) is 1.56. The molecule has 5 nitrogen and oxygen atoms in total. The van der Waals surface area contributed by atoms with Crippen LogP contribution >= 0.6 is 0 Å². The monoisotopic (exact) mass is 225 g/mol. The smallest absolute Gasteiger partial charge is 0.410 e. The molecular formula is C11H19N3O2. The molecule has 16 heavy (non-hydrogen) atoms. The van der Waals surface area contributed by atoms with Crippen LogP contribution in [0.1, 0.15) is 27.2 Å². The Labute approximate surface area is 96.4 Å². The first kappa shape index (κ1) is 12.8. The highest BCUT2D eigenvalue weighted by Gasteiger charge is 2.26. The standard InChI is InChI=1S/C11H19N3O2/c1-11(2,3)16-10(15)14-7-6-13-9(8-14)4-5-12/h9,13H,4,6-8H2,1-3H3. The number of hydrogen-bond donors (Lipinski definition) is 1. The van der Waals surface area contributed by atoms with Crippen LogP contribution in [0.3, 0.4) is 0 Å². The highest BCUT2D eigenvalue weighted by Crippen LogP contribution is 2.11. The maximum atomic E-state index is 11.8. The van der Waals surface area contributed by atoms with E-state index in [0.717, 1.165) is 0 Å². The number of nitrogens with zero attached hydrogens (tertiary/aromatic N) is 2. The Balaban J connectivity index is 2.48. The molecule has 0 aromatic carbocycles. The summed E-state index contributed by atoms with van der Waals surface area (Å²) in [6.07, 6.45) is 0.121. The van der Waals surface area contributed by atoms with E-state index >= 15 is 0 Å². The maximum Gasteiger partial charge on any atom is 0.410 e. The van der Waals surface area contributed by atoms with Gasteiger partial charge in [0.15, 0.2) is 0 Å². The molecular weight excluding hydrogens is 206 g/mol. The van der Waals surface area contributed by atoms with Gasteiger partial charge in [-0.3, -0.25) is 0 Å². The number of nitriles is 1. The lowest BCUT2D eigenvalue weighted by Gasteiger charge is -2.34. The highest BCUT2D eigenvalue weighted by atomic mass is 16.6. The predicted octanol–water partition coefficient (Wildman–Crippen LogP) is 1.11. The van der Waals surface area contributed by atoms with E-state index in [-0.39, 0.29) is 12.1 Å². The van der Waals surface area contributed by atoms with E-state index in [2.05, 4.69) is 11.4 Å². The van der Waals surface area contributed by atoms with Gasteiger partial charge in [-0.25, -0.2) is 4.79 Å². The van der Waals surface area contributed by atoms with Gasteiger partial charge in [-0.05, 0) is 20.8 Å². The van der Waals surface area contributed by atoms with Gasteiger partial charge in [0.2, 0.25) is 0 Å². The van der Waals surface area contributed by atoms with Crippen molar-refractivity contribution in [1.82, 2.24) is 10.2 Å². The number of carbonyl (C=O) groups excluding carboxylic acids is 1. The van der Waals surface area contributed by atoms with Crippen molar-refractivity contribution in [2.75, 3.05) is 19.6 Å². The molecule has 1 rings (SSSR count). The van der Waals surface area contributed by atoms with Crippen molar-refractivity contribution in [2.45, 2.75) is 38.8 Å². The number of ether oxygens (including phenoxy) is 1. The summed E-state index contributed by atoms with van der Waals surface area (Å²) in [6, 6.07) is 2.17. The zero-order valence-corrected chi connectivity index (χ0v) is 10.1. The third kappa shape index (κ3) is 4.07. The Morgan fingerprint density at radius 2 is 2.31 bits per heavy atom. The number of rotatable bonds is 1. The molecule has 0 saturated carbocycles. The largest absolute Gasteiger partial charge is 0.444 e. The van der Waals surface area contributed by atoms with E-state index in [1.807, 2.05) is 20.8 Å². The molecule has 0 spiro atoms. The summed E-state index contributed by atoms with van der Waals surface area (Å²) in [5.74, 6) is 0. The van der Waals surface area contributed by atoms with E-state index < -0.39 is 5.60 Å². The first-order valence-electron chi connectivity index (χ1n) is 5.50. The van der Waals surface area contributed by atoms with Crippen molar-refractivity contribution in [3.63, 3.8) is 0 Å². The summed E-state index contributed by atoms with van der Waals surface area (Å²) in [4.78, 5) is 13.4. The molecule has 0 aliphatic carbocycles. The predicted molar refractivity (Wildman–Crippen MR) is 59.8 cm³/mol. The van der Waals surface area contributed by atoms with Crippen molar-refractivity contribution in [3.8, 4) is 6.07 Å². The Morgan fingerprint density at radius 3 is 2.88 bits per heavy atom. The quantitative estimate of drug-likeness (QED) is 0.726. The summed E-state index contributed by atoms with van der Waals surface area (Å²) < 4.78 is 5.28. The molecule has 1 N–H and O–H groups in total. The third-order valence-electron chi connectivity index (χ3n) is 2.24. The zero-order chi connectivity index (χ0) is 12.2. The molecule has 1 amide bonds. The number of hydrogen-bond acceptors (Lipinski definition) is 4. The van der Waals surface area contributed by atoms with E-state index in [4.69, 9.17) is 10.00 Å². The highest BCUT2D eigenvalue weighted by molar-refractivity contribution is 5.68. The zero-order valence-electron chi connectivity index (χ0n) is 10.1. The second-order valence-corrected chi connectivity index (χ2v) is 4.94. The normalized spacial score (nSPS) is 21.4. The molecule has 90 valence electrons. The second kappa shape index (κ2) is 5.17. The minimum atomic E-state index is -0.466. The van der Waals surface area contributed by atoms with Crippen LogP contribution < -0.4 is 5.32 Å². The summed E-state index contributed by atoms with van der Waals surface area (Å²) in [5, 5.41) is 11.8. The second-order valence-electron chi connectivity index (χ2n) is 4.94. The van der Waals surface area contributed by atoms with Crippen LogP contribution in [0.2, 0.25) is 0 Å². The Bertz CT molecular complexity index is 291. The van der Waals surface area contributed by atoms with Gasteiger partial charge in [-0.1, -0.05) is 0 Å². The molecule has 1 heterocycles. The fraction of sp³-hybridized carbons (Fsp3) is 0.818. The van der Waals surface area contributed by atoms with E-state index in [1.54, 1.807) is 4.90 Å². The van der Waals surface area contributed by atoms with Crippen LogP contribution in [0, 0.1) is 11.3 Å². The molecule has 0 aromatic rings. The van der Waals surface area contributed by atoms with Crippen molar-refractivity contribution in [2.24, 2.45) is 0 Å². The number of carbonyl (C=O) groups is 1. The van der Waals surface area contributed by atoms with Gasteiger partial charge in [-0.15, -0.1) is 0 Å². The molecule has 1 aliphatic heterocycles. The number of amides is 1. The molecule has 1 fully saturated rings. The van der Waals surface area contributed by atoms with Crippen molar-refractivity contribution in [3.05, 3.63) is 0 Å². The summed E-state index contributed by atoms with van der Waals surface area (Å²) in [6.45, 7) is 7.43. The average Bonchev–Trinajstić information content (AvgIpc) is 2.16. The van der Waals surface area contributed by atoms with Crippen LogP contribution in [-0.4, -0.2) is 42.3 Å². The van der Waals surface area contributed by atoms with Crippen LogP contribution in [0.5, 0.6) is 0 Å². The molecule has 0 aromatic heterocycles. The molecule has 1 atom stereocenters. The number of piperazine rings is 1. The van der Waals surface area contributed by atoms with E-state index in [0.29, 0.717) is 26.1 Å². The minimum Gasteiger partial charge on any atom is -0.444 e. The SMILES string of the molecule is CC(C)(C)OC(=O)N1CCNC(CC#N)C1. The molecule has 0 radical (unpaired) electrons. The fourth-order valence-electron chi connectivity index (χ4n) is 1.56. The van der Waals surface area contributed by atoms with Gasteiger partial charge < -0.3 is 15.0 Å². The molecule has 1 unspecified atom stereocenters. The minimum absolute atomic E-state index is 0.0614. The van der Waals surface area contributed by atoms with Crippen LogP contribution in [0.15, 0.2) is 0 Å². The van der Waals surface area contributed by atoms with Gasteiger partial charge >= 0.3 is 6.09 Å². The molecule has 1 aliphatic rings. The Kier molecular flexibility index (Phi) is 4.13. The number of nitrogens with one attached hydrogen (secondary N) is 1. The first-order valence-corrected chi connectivity index (χ1v) is 5.50. The van der Waals surface area contributed by atoms with Gasteiger partial charge in [0.05, 0.1) is 12.5 Å². The summed E-state index contributed by atoms with van der Waals surface area (Å²) >= 11 is 0. The lowest BCUT2D eigenvalue weighted by atomic mass is 10.1. The van der Waals surface area contributed by atoms with Gasteiger partial charge in [-0.2, -0.15) is 5.26 Å². The van der Waals surface area contributed by atoms with E-state index in [9.17, 15) is 4.79 Å². The van der Waals surface area contributed by atoms with Crippen LogP contribution in [0.25, 0.3) is 0 Å². The third-order valence-corrected chi connectivity index (χ3v) is 2.24. The van der Waals surface area contributed by atoms with Crippen molar-refractivity contribution < 1.29 is 9.53 Å². The molecule has 5 heteroatoms. The molecule has 1 saturated heterocycles. The lowest BCUT2D eigenvalue weighted by molar-refractivity contribution is 0.0197. The maximum absolute atomic E-state index is 11.8. The van der Waals surface area contributed by atoms with Crippen LogP contribution in [0.4, 0.5) is 4.79 Å². The summed E-state index contributed by atoms with van der Waals surface area (Å²) in [5.41, 5.74) is -0.466. The topological polar surface area (TPSA) is 65.4 Å². The summed E-state index contributed by atoms with van der Waals surface area (Å²) in [7, 11) is 0. The lowest BCUT2D eigenvalue weighted by Crippen LogP contribution is -2.53. The Hall–Kier alpha value is -1.28. The van der Waals surface area contributed by atoms with Gasteiger partial charge in [0, 0.05) is 25.7 Å². The van der Waals surface area contributed by atoms with Crippen molar-refractivity contribution in [1.29, 1.82) is 5.26 Å². The van der Waals surface area contributed by atoms with Gasteiger partial charge in [0.25, 0.3) is 0 Å².